The number of ether oxygens (including phenoxy) is 2. The third-order valence-corrected chi connectivity index (χ3v) is 7.95. The van der Waals surface area contributed by atoms with Gasteiger partial charge in [-0.15, -0.1) is 0 Å². The van der Waals surface area contributed by atoms with Gasteiger partial charge in [0.1, 0.15) is 13.2 Å². The molecule has 1 atom stereocenters. The maximum Gasteiger partial charge on any atom is 0.407 e. The molecule has 0 fully saturated rings. The summed E-state index contributed by atoms with van der Waals surface area (Å²) in [5.41, 5.74) is -0.326. The highest BCUT2D eigenvalue weighted by Crippen LogP contribution is 2.27. The molecule has 2 aromatic rings. The molecular weight excluding hydrogens is 528 g/mol. The summed E-state index contributed by atoms with van der Waals surface area (Å²) in [5.74, 6) is 0. The van der Waals surface area contributed by atoms with E-state index in [1.54, 1.807) is 0 Å². The number of carbonyl (C=O) groups excluding carboxylic acids is 2. The van der Waals surface area contributed by atoms with Gasteiger partial charge < -0.3 is 25.4 Å². The van der Waals surface area contributed by atoms with E-state index in [-0.39, 0.29) is 13.2 Å². The largest absolute Gasteiger partial charge is 0.445 e. The van der Waals surface area contributed by atoms with E-state index in [4.69, 9.17) is 14.5 Å². The van der Waals surface area contributed by atoms with Crippen molar-refractivity contribution < 1.29 is 19.1 Å². The highest BCUT2D eigenvalue weighted by Gasteiger charge is 2.36. The highest BCUT2D eigenvalue weighted by molar-refractivity contribution is 5.94. The second-order valence-electron chi connectivity index (χ2n) is 11.5. The molecule has 1 aliphatic heterocycles. The monoisotopic (exact) mass is 580 g/mol. The van der Waals surface area contributed by atoms with Gasteiger partial charge in [-0.1, -0.05) is 122 Å². The number of benzene rings is 2. The molecule has 0 aliphatic carbocycles. The zero-order chi connectivity index (χ0) is 30.0. The summed E-state index contributed by atoms with van der Waals surface area (Å²) in [7, 11) is 1.49. The van der Waals surface area contributed by atoms with Gasteiger partial charge in [-0.05, 0) is 29.2 Å². The topological polar surface area (TPSA) is 101 Å². The van der Waals surface area contributed by atoms with E-state index in [1.165, 1.54) is 90.5 Å². The van der Waals surface area contributed by atoms with Gasteiger partial charge in [0.05, 0.1) is 5.36 Å². The number of amides is 2. The Balaban J connectivity index is 1.34. The molecule has 8 heteroatoms. The van der Waals surface area contributed by atoms with Gasteiger partial charge in [0.2, 0.25) is 0 Å². The third-order valence-electron chi connectivity index (χ3n) is 7.95. The molecule has 42 heavy (non-hydrogen) atoms. The smallest absolute Gasteiger partial charge is 0.407 e. The fraction of sp³-hybridized carbons (Fsp3) is 0.618. The average molecular weight is 581 g/mol. The molecule has 1 aliphatic rings. The first-order valence-electron chi connectivity index (χ1n) is 16.1. The molecule has 3 rings (SSSR count). The Morgan fingerprint density at radius 1 is 0.810 bits per heavy atom. The van der Waals surface area contributed by atoms with Crippen LogP contribution in [0.4, 0.5) is 15.3 Å². The summed E-state index contributed by atoms with van der Waals surface area (Å²) < 4.78 is 10.9. The predicted molar refractivity (Wildman–Crippen MR) is 171 cm³/mol. The lowest BCUT2D eigenvalue weighted by molar-refractivity contribution is 0.0804. The first-order chi connectivity index (χ1) is 20.5. The van der Waals surface area contributed by atoms with Crippen LogP contribution < -0.4 is 26.5 Å². The summed E-state index contributed by atoms with van der Waals surface area (Å²) in [6.45, 7) is 6.74. The molecule has 0 saturated heterocycles. The molecular formula is C34H52N4O4. The number of nitrogens with zero attached hydrogens (tertiary/aromatic N) is 1. The number of alkyl carbamates (subject to hydrolysis) is 2. The van der Waals surface area contributed by atoms with Crippen molar-refractivity contribution in [2.24, 2.45) is 4.99 Å². The number of unbranched alkanes of at least 4 members (excludes halogenated alkanes) is 14. The Hall–Kier alpha value is -3.29. The van der Waals surface area contributed by atoms with Crippen molar-refractivity contribution in [2.75, 3.05) is 32.1 Å². The SMILES string of the molecule is C=c1ccc2c3c(cccc13)NC(COC(=O)NC)(COC(=O)NCCCCCCCCCCCCCCCCC)N=2. The minimum atomic E-state index is -1.15. The van der Waals surface area contributed by atoms with Crippen LogP contribution in [0.25, 0.3) is 17.4 Å². The van der Waals surface area contributed by atoms with Crippen molar-refractivity contribution in [1.82, 2.24) is 10.6 Å². The van der Waals surface area contributed by atoms with Crippen molar-refractivity contribution in [2.45, 2.75) is 109 Å². The second kappa shape index (κ2) is 18.3. The van der Waals surface area contributed by atoms with E-state index in [0.717, 1.165) is 39.9 Å². The van der Waals surface area contributed by atoms with Crippen molar-refractivity contribution in [3.8, 4) is 0 Å². The first kappa shape index (κ1) is 33.2. The first-order valence-corrected chi connectivity index (χ1v) is 16.1. The van der Waals surface area contributed by atoms with Crippen LogP contribution in [0, 0.1) is 0 Å². The third kappa shape index (κ3) is 10.8. The number of hydrogen-bond acceptors (Lipinski definition) is 6. The molecule has 1 unspecified atom stereocenters. The molecule has 3 N–H and O–H groups in total. The molecule has 0 aromatic heterocycles. The second-order valence-corrected chi connectivity index (χ2v) is 11.5. The standard InChI is InChI=1S/C34H52N4O4/c1-4-5-6-7-8-9-10-11-12-13-14-15-16-17-18-24-36-33(40)42-26-34(25-41-32(39)35-3)37-29-21-19-20-28-27(2)22-23-30(38-34)31(28)29/h19-23,37H,2,4-18,24-26H2,1,3H3,(H,35,39)(H,36,40). The van der Waals surface area contributed by atoms with Gasteiger partial charge in [0.15, 0.2) is 5.66 Å². The minimum Gasteiger partial charge on any atom is -0.445 e. The maximum absolute atomic E-state index is 12.5. The number of nitrogens with one attached hydrogen (secondary N) is 3. The molecule has 232 valence electrons. The van der Waals surface area contributed by atoms with E-state index in [2.05, 4.69) is 29.5 Å². The lowest BCUT2D eigenvalue weighted by Crippen LogP contribution is -2.51. The Morgan fingerprint density at radius 3 is 1.98 bits per heavy atom. The summed E-state index contributed by atoms with van der Waals surface area (Å²) in [6, 6.07) is 9.67. The average Bonchev–Trinajstić information content (AvgIpc) is 3.00. The molecule has 2 amide bonds. The lowest BCUT2D eigenvalue weighted by atomic mass is 10.0. The van der Waals surface area contributed by atoms with Crippen LogP contribution in [0.15, 0.2) is 35.3 Å². The number of hydrogen-bond donors (Lipinski definition) is 3. The number of anilines is 1. The summed E-state index contributed by atoms with van der Waals surface area (Å²) >= 11 is 0. The zero-order valence-corrected chi connectivity index (χ0v) is 25.9. The minimum absolute atomic E-state index is 0.101. The maximum atomic E-state index is 12.5. The predicted octanol–water partition coefficient (Wildman–Crippen LogP) is 6.95. The molecule has 0 radical (unpaired) electrons. The fourth-order valence-electron chi connectivity index (χ4n) is 5.51. The van der Waals surface area contributed by atoms with Crippen LogP contribution in [0.5, 0.6) is 0 Å². The quantitative estimate of drug-likeness (QED) is 0.147. The van der Waals surface area contributed by atoms with E-state index >= 15 is 0 Å². The lowest BCUT2D eigenvalue weighted by Gasteiger charge is -2.34. The molecule has 0 bridgehead atoms. The Morgan fingerprint density at radius 2 is 1.38 bits per heavy atom. The van der Waals surface area contributed by atoms with Gasteiger partial charge in [0.25, 0.3) is 0 Å². The van der Waals surface area contributed by atoms with Crippen LogP contribution >= 0.6 is 0 Å². The van der Waals surface area contributed by atoms with Crippen LogP contribution in [0.1, 0.15) is 103 Å². The fourth-order valence-corrected chi connectivity index (χ4v) is 5.51. The highest BCUT2D eigenvalue weighted by atomic mass is 16.6. The Bertz CT molecular complexity index is 1230. The van der Waals surface area contributed by atoms with Gasteiger partial charge in [-0.3, -0.25) is 0 Å². The summed E-state index contributed by atoms with van der Waals surface area (Å²) in [5, 5.41) is 12.2. The van der Waals surface area contributed by atoms with Crippen molar-refractivity contribution in [3.63, 3.8) is 0 Å². The molecule has 2 aromatic carbocycles. The van der Waals surface area contributed by atoms with Gasteiger partial charge >= 0.3 is 12.2 Å². The Kier molecular flexibility index (Phi) is 14.5. The van der Waals surface area contributed by atoms with Crippen LogP contribution in [0.3, 0.4) is 0 Å². The summed E-state index contributed by atoms with van der Waals surface area (Å²) in [6.07, 6.45) is 18.5. The number of rotatable bonds is 20. The molecule has 8 nitrogen and oxygen atoms in total. The van der Waals surface area contributed by atoms with Crippen LogP contribution in [0.2, 0.25) is 0 Å². The van der Waals surface area contributed by atoms with Gasteiger partial charge in [-0.25, -0.2) is 14.6 Å². The molecule has 0 saturated carbocycles. The molecule has 1 heterocycles. The molecule has 0 spiro atoms. The van der Waals surface area contributed by atoms with Crippen molar-refractivity contribution in [3.05, 3.63) is 40.9 Å². The van der Waals surface area contributed by atoms with Crippen LogP contribution in [-0.2, 0) is 9.47 Å². The number of carbonyl (C=O) groups is 2. The summed E-state index contributed by atoms with van der Waals surface area (Å²) in [4.78, 5) is 29.2. The van der Waals surface area contributed by atoms with Crippen molar-refractivity contribution in [1.29, 1.82) is 0 Å². The van der Waals surface area contributed by atoms with Gasteiger partial charge in [-0.2, -0.15) is 0 Å². The van der Waals surface area contributed by atoms with Crippen molar-refractivity contribution >= 4 is 35.2 Å². The van der Waals surface area contributed by atoms with E-state index in [0.29, 0.717) is 6.54 Å². The van der Waals surface area contributed by atoms with E-state index < -0.39 is 17.8 Å². The van der Waals surface area contributed by atoms with Crippen LogP contribution in [-0.4, -0.2) is 44.7 Å². The zero-order valence-electron chi connectivity index (χ0n) is 25.9. The van der Waals surface area contributed by atoms with E-state index in [1.807, 2.05) is 30.3 Å². The Labute approximate surface area is 251 Å². The van der Waals surface area contributed by atoms with Gasteiger partial charge in [0, 0.05) is 24.7 Å². The van der Waals surface area contributed by atoms with E-state index in [9.17, 15) is 9.59 Å². The normalized spacial score (nSPS) is 15.5.